The highest BCUT2D eigenvalue weighted by molar-refractivity contribution is 7.71. The molecule has 0 aliphatic rings. The van der Waals surface area contributed by atoms with Gasteiger partial charge in [0.25, 0.3) is 0 Å². The Morgan fingerprint density at radius 2 is 2.00 bits per heavy atom. The monoisotopic (exact) mass is 260 g/mol. The Hall–Kier alpha value is -0.910. The van der Waals surface area contributed by atoms with Gasteiger partial charge >= 0.3 is 0 Å². The van der Waals surface area contributed by atoms with Crippen molar-refractivity contribution in [1.82, 2.24) is 20.2 Å². The molecule has 0 radical (unpaired) electrons. The first-order valence-electron chi connectivity index (χ1n) is 4.09. The van der Waals surface area contributed by atoms with Crippen LogP contribution in [0, 0.1) is 4.77 Å². The molecule has 1 N–H and O–H groups in total. The van der Waals surface area contributed by atoms with E-state index in [1.54, 1.807) is 22.9 Å². The Morgan fingerprint density at radius 1 is 1.33 bits per heavy atom. The van der Waals surface area contributed by atoms with E-state index in [4.69, 9.17) is 35.4 Å². The summed E-state index contributed by atoms with van der Waals surface area (Å²) in [7, 11) is 0. The first kappa shape index (κ1) is 10.6. The molecule has 0 aliphatic carbocycles. The van der Waals surface area contributed by atoms with E-state index in [1.165, 1.54) is 0 Å². The van der Waals surface area contributed by atoms with Gasteiger partial charge < -0.3 is 0 Å². The molecule has 78 valence electrons. The van der Waals surface area contributed by atoms with Gasteiger partial charge in [-0.05, 0) is 24.4 Å². The second kappa shape index (κ2) is 4.30. The van der Waals surface area contributed by atoms with Gasteiger partial charge in [-0.25, -0.2) is 4.68 Å². The van der Waals surface area contributed by atoms with Crippen molar-refractivity contribution in [2.75, 3.05) is 0 Å². The number of halogens is 2. The fourth-order valence-electron chi connectivity index (χ4n) is 1.16. The van der Waals surface area contributed by atoms with Gasteiger partial charge in [0.05, 0.1) is 6.54 Å². The van der Waals surface area contributed by atoms with Crippen LogP contribution >= 0.6 is 35.4 Å². The SMILES string of the molecule is S=c1nn[nH]n1Cc1c(Cl)cccc1Cl. The second-order valence-corrected chi connectivity index (χ2v) is 4.05. The number of tetrazole rings is 1. The molecule has 0 fully saturated rings. The van der Waals surface area contributed by atoms with Gasteiger partial charge in [-0.2, -0.15) is 5.21 Å². The molecule has 0 saturated carbocycles. The van der Waals surface area contributed by atoms with E-state index in [2.05, 4.69) is 15.5 Å². The van der Waals surface area contributed by atoms with E-state index >= 15 is 0 Å². The minimum atomic E-state index is 0.367. The number of nitrogens with zero attached hydrogens (tertiary/aromatic N) is 3. The van der Waals surface area contributed by atoms with Crippen molar-refractivity contribution in [1.29, 1.82) is 0 Å². The van der Waals surface area contributed by atoms with Crippen molar-refractivity contribution in [3.8, 4) is 0 Å². The highest BCUT2D eigenvalue weighted by Gasteiger charge is 2.07. The summed E-state index contributed by atoms with van der Waals surface area (Å²) in [6.07, 6.45) is 0. The van der Waals surface area contributed by atoms with Crippen molar-refractivity contribution in [2.24, 2.45) is 0 Å². The highest BCUT2D eigenvalue weighted by atomic mass is 35.5. The van der Waals surface area contributed by atoms with Crippen LogP contribution in [0.25, 0.3) is 0 Å². The van der Waals surface area contributed by atoms with Crippen LogP contribution in [0.4, 0.5) is 0 Å². The molecule has 1 aromatic heterocycles. The Morgan fingerprint density at radius 3 is 2.53 bits per heavy atom. The van der Waals surface area contributed by atoms with Crippen LogP contribution in [0.15, 0.2) is 18.2 Å². The summed E-state index contributed by atoms with van der Waals surface area (Å²) >= 11 is 17.0. The molecule has 0 amide bonds. The highest BCUT2D eigenvalue weighted by Crippen LogP contribution is 2.24. The molecular formula is C8H6Cl2N4S. The first-order valence-corrected chi connectivity index (χ1v) is 5.25. The van der Waals surface area contributed by atoms with Gasteiger partial charge in [0.15, 0.2) is 0 Å². The summed E-state index contributed by atoms with van der Waals surface area (Å²) in [5, 5.41) is 11.1. The minimum absolute atomic E-state index is 0.367. The summed E-state index contributed by atoms with van der Waals surface area (Å²) in [6.45, 7) is 0.435. The normalized spacial score (nSPS) is 10.5. The Balaban J connectivity index is 2.40. The van der Waals surface area contributed by atoms with E-state index in [-0.39, 0.29) is 0 Å². The lowest BCUT2D eigenvalue weighted by Gasteiger charge is -2.06. The molecule has 0 spiro atoms. The molecule has 0 aliphatic heterocycles. The number of hydrogen-bond donors (Lipinski definition) is 1. The van der Waals surface area contributed by atoms with Gasteiger partial charge in [-0.15, -0.1) is 0 Å². The molecule has 15 heavy (non-hydrogen) atoms. The zero-order valence-electron chi connectivity index (χ0n) is 7.44. The van der Waals surface area contributed by atoms with Crippen LogP contribution in [0.2, 0.25) is 10.0 Å². The third-order valence-corrected chi connectivity index (χ3v) is 2.92. The van der Waals surface area contributed by atoms with Gasteiger partial charge in [0.2, 0.25) is 4.77 Å². The third kappa shape index (κ3) is 2.19. The smallest absolute Gasteiger partial charge is 0.238 e. The Kier molecular flexibility index (Phi) is 3.04. The van der Waals surface area contributed by atoms with Crippen molar-refractivity contribution in [3.63, 3.8) is 0 Å². The predicted octanol–water partition coefficient (Wildman–Crippen LogP) is 2.69. The van der Waals surface area contributed by atoms with Crippen LogP contribution in [-0.4, -0.2) is 20.2 Å². The molecule has 2 aromatic rings. The Labute approximate surface area is 101 Å². The molecular weight excluding hydrogens is 255 g/mol. The number of H-pyrrole nitrogens is 1. The number of hydrogen-bond acceptors (Lipinski definition) is 3. The van der Waals surface area contributed by atoms with Gasteiger partial charge in [0, 0.05) is 15.6 Å². The van der Waals surface area contributed by atoms with Gasteiger partial charge in [-0.1, -0.05) is 39.6 Å². The minimum Gasteiger partial charge on any atom is -0.238 e. The number of rotatable bonds is 2. The van der Waals surface area contributed by atoms with Crippen molar-refractivity contribution < 1.29 is 0 Å². The maximum atomic E-state index is 6.01. The molecule has 1 heterocycles. The molecule has 0 unspecified atom stereocenters. The quantitative estimate of drug-likeness (QED) is 0.845. The Bertz CT molecular complexity index is 513. The zero-order chi connectivity index (χ0) is 10.8. The van der Waals surface area contributed by atoms with E-state index in [1.807, 2.05) is 0 Å². The molecule has 0 saturated heterocycles. The summed E-state index contributed by atoms with van der Waals surface area (Å²) in [6, 6.07) is 5.34. The second-order valence-electron chi connectivity index (χ2n) is 2.87. The zero-order valence-corrected chi connectivity index (χ0v) is 9.77. The van der Waals surface area contributed by atoms with E-state index in [0.717, 1.165) is 5.56 Å². The van der Waals surface area contributed by atoms with Crippen LogP contribution in [0.5, 0.6) is 0 Å². The molecule has 0 bridgehead atoms. The molecule has 7 heteroatoms. The van der Waals surface area contributed by atoms with Gasteiger partial charge in [0.1, 0.15) is 0 Å². The lowest BCUT2D eigenvalue weighted by molar-refractivity contribution is 0.642. The van der Waals surface area contributed by atoms with Crippen LogP contribution < -0.4 is 0 Å². The first-order chi connectivity index (χ1) is 7.18. The lowest BCUT2D eigenvalue weighted by atomic mass is 10.2. The van der Waals surface area contributed by atoms with Crippen LogP contribution in [-0.2, 0) is 6.54 Å². The molecule has 2 rings (SSSR count). The fraction of sp³-hybridized carbons (Fsp3) is 0.125. The molecule has 4 nitrogen and oxygen atoms in total. The average molecular weight is 261 g/mol. The maximum Gasteiger partial charge on any atom is 0.238 e. The lowest BCUT2D eigenvalue weighted by Crippen LogP contribution is -2.03. The van der Waals surface area contributed by atoms with Gasteiger partial charge in [-0.3, -0.25) is 0 Å². The summed E-state index contributed by atoms with van der Waals surface area (Å²) in [4.78, 5) is 0. The largest absolute Gasteiger partial charge is 0.238 e. The summed E-state index contributed by atoms with van der Waals surface area (Å²) in [5.41, 5.74) is 0.794. The van der Waals surface area contributed by atoms with Crippen molar-refractivity contribution in [2.45, 2.75) is 6.54 Å². The third-order valence-electron chi connectivity index (χ3n) is 1.91. The number of nitrogens with one attached hydrogen (secondary N) is 1. The van der Waals surface area contributed by atoms with Crippen molar-refractivity contribution >= 4 is 35.4 Å². The molecule has 1 aromatic carbocycles. The standard InChI is InChI=1S/C8H6Cl2N4S/c9-6-2-1-3-7(10)5(6)4-14-8(15)11-12-13-14/h1-3H,4H2,(H,11,13,15). The van der Waals surface area contributed by atoms with Crippen LogP contribution in [0.3, 0.4) is 0 Å². The van der Waals surface area contributed by atoms with Crippen molar-refractivity contribution in [3.05, 3.63) is 38.6 Å². The van der Waals surface area contributed by atoms with E-state index < -0.39 is 0 Å². The topological polar surface area (TPSA) is 46.5 Å². The van der Waals surface area contributed by atoms with Crippen LogP contribution in [0.1, 0.15) is 5.56 Å². The number of aromatic nitrogens is 4. The van der Waals surface area contributed by atoms with E-state index in [0.29, 0.717) is 21.4 Å². The fourth-order valence-corrected chi connectivity index (χ4v) is 1.82. The number of benzene rings is 1. The maximum absolute atomic E-state index is 6.01. The average Bonchev–Trinajstić information content (AvgIpc) is 2.58. The molecule has 0 atom stereocenters. The van der Waals surface area contributed by atoms with E-state index in [9.17, 15) is 0 Å². The predicted molar refractivity (Wildman–Crippen MR) is 60.8 cm³/mol. The number of aromatic amines is 1. The summed E-state index contributed by atoms with van der Waals surface area (Å²) < 4.78 is 1.95. The summed E-state index contributed by atoms with van der Waals surface area (Å²) in [5.74, 6) is 0.